The highest BCUT2D eigenvalue weighted by Gasteiger charge is 2.35. The van der Waals surface area contributed by atoms with E-state index in [0.717, 1.165) is 22.3 Å². The van der Waals surface area contributed by atoms with Crippen LogP contribution in [-0.2, 0) is 14.3 Å². The number of ether oxygens (including phenoxy) is 1. The molecular formula is C24H28N2O6. The molecule has 2 aromatic rings. The number of alkyl carbamates (subject to hydrolysis) is 1. The van der Waals surface area contributed by atoms with E-state index in [-0.39, 0.29) is 12.5 Å². The summed E-state index contributed by atoms with van der Waals surface area (Å²) in [6.45, 7) is 4.92. The van der Waals surface area contributed by atoms with Gasteiger partial charge in [-0.1, -0.05) is 69.3 Å². The molecule has 1 aliphatic carbocycles. The second kappa shape index (κ2) is 9.40. The highest BCUT2D eigenvalue weighted by atomic mass is 16.5. The van der Waals surface area contributed by atoms with Crippen LogP contribution in [0.15, 0.2) is 48.5 Å². The maximum Gasteiger partial charge on any atom is 0.407 e. The molecule has 0 bridgehead atoms. The number of hydrogen-bond acceptors (Lipinski definition) is 5. The Hall–Kier alpha value is -3.39. The number of carboxylic acid groups (broad SMARTS) is 1. The number of aliphatic hydroxyl groups excluding tert-OH is 1. The van der Waals surface area contributed by atoms with Crippen molar-refractivity contribution in [2.24, 2.45) is 5.41 Å². The number of amides is 2. The number of hydrogen-bond donors (Lipinski definition) is 4. The SMILES string of the molecule is CC(C)(C)[C@@H](NC(=O)OCC1c2ccccc2-c2ccccc21)C(=O)NCC(O)C(=O)O. The van der Waals surface area contributed by atoms with Crippen molar-refractivity contribution in [1.29, 1.82) is 0 Å². The third kappa shape index (κ3) is 5.08. The summed E-state index contributed by atoms with van der Waals surface area (Å²) < 4.78 is 5.51. The molecule has 0 aromatic heterocycles. The molecule has 8 nitrogen and oxygen atoms in total. The molecule has 0 heterocycles. The van der Waals surface area contributed by atoms with E-state index in [0.29, 0.717) is 0 Å². The van der Waals surface area contributed by atoms with E-state index in [1.54, 1.807) is 20.8 Å². The number of benzene rings is 2. The topological polar surface area (TPSA) is 125 Å². The van der Waals surface area contributed by atoms with Gasteiger partial charge in [0.1, 0.15) is 12.6 Å². The summed E-state index contributed by atoms with van der Waals surface area (Å²) in [6.07, 6.45) is -2.48. The van der Waals surface area contributed by atoms with Crippen molar-refractivity contribution in [2.75, 3.05) is 13.2 Å². The molecule has 170 valence electrons. The number of fused-ring (bicyclic) bond motifs is 3. The van der Waals surface area contributed by atoms with E-state index in [1.807, 2.05) is 48.5 Å². The minimum Gasteiger partial charge on any atom is -0.479 e. The van der Waals surface area contributed by atoms with E-state index in [9.17, 15) is 19.5 Å². The lowest BCUT2D eigenvalue weighted by Gasteiger charge is -2.30. The molecule has 0 radical (unpaired) electrons. The lowest BCUT2D eigenvalue weighted by Crippen LogP contribution is -2.55. The van der Waals surface area contributed by atoms with Crippen molar-refractivity contribution in [1.82, 2.24) is 10.6 Å². The number of carboxylic acids is 1. The molecule has 0 saturated carbocycles. The summed E-state index contributed by atoms with van der Waals surface area (Å²) in [5, 5.41) is 23.1. The molecule has 8 heteroatoms. The fourth-order valence-corrected chi connectivity index (χ4v) is 3.82. The smallest absolute Gasteiger partial charge is 0.407 e. The molecule has 0 fully saturated rings. The number of carbonyl (C=O) groups is 3. The van der Waals surface area contributed by atoms with E-state index in [4.69, 9.17) is 9.84 Å². The van der Waals surface area contributed by atoms with Crippen molar-refractivity contribution >= 4 is 18.0 Å². The van der Waals surface area contributed by atoms with Crippen LogP contribution in [0.5, 0.6) is 0 Å². The van der Waals surface area contributed by atoms with Crippen LogP contribution < -0.4 is 10.6 Å². The minimum absolute atomic E-state index is 0.107. The predicted molar refractivity (Wildman–Crippen MR) is 118 cm³/mol. The summed E-state index contributed by atoms with van der Waals surface area (Å²) in [4.78, 5) is 35.9. The lowest BCUT2D eigenvalue weighted by molar-refractivity contribution is -0.146. The summed E-state index contributed by atoms with van der Waals surface area (Å²) >= 11 is 0. The summed E-state index contributed by atoms with van der Waals surface area (Å²) in [6, 6.07) is 15.0. The molecule has 2 amide bonds. The van der Waals surface area contributed by atoms with Gasteiger partial charge in [0.15, 0.2) is 6.10 Å². The van der Waals surface area contributed by atoms with Crippen LogP contribution in [0.1, 0.15) is 37.8 Å². The van der Waals surface area contributed by atoms with Gasteiger partial charge in [-0.05, 0) is 27.7 Å². The fourth-order valence-electron chi connectivity index (χ4n) is 3.82. The Labute approximate surface area is 186 Å². The van der Waals surface area contributed by atoms with Crippen LogP contribution in [0.3, 0.4) is 0 Å². The summed E-state index contributed by atoms with van der Waals surface area (Å²) in [5.41, 5.74) is 3.70. The van der Waals surface area contributed by atoms with Crippen molar-refractivity contribution in [2.45, 2.75) is 38.8 Å². The van der Waals surface area contributed by atoms with E-state index < -0.39 is 42.1 Å². The summed E-state index contributed by atoms with van der Waals surface area (Å²) in [7, 11) is 0. The van der Waals surface area contributed by atoms with E-state index in [2.05, 4.69) is 10.6 Å². The van der Waals surface area contributed by atoms with Crippen LogP contribution in [0, 0.1) is 5.41 Å². The number of carbonyl (C=O) groups excluding carboxylic acids is 2. The van der Waals surface area contributed by atoms with Gasteiger partial charge in [0.2, 0.25) is 5.91 Å². The quantitative estimate of drug-likeness (QED) is 0.524. The third-order valence-electron chi connectivity index (χ3n) is 5.49. The van der Waals surface area contributed by atoms with Crippen molar-refractivity contribution in [3.05, 3.63) is 59.7 Å². The van der Waals surface area contributed by atoms with Gasteiger partial charge in [-0.3, -0.25) is 4.79 Å². The molecule has 3 rings (SSSR count). The molecule has 2 atom stereocenters. The monoisotopic (exact) mass is 440 g/mol. The first-order valence-electron chi connectivity index (χ1n) is 10.4. The van der Waals surface area contributed by atoms with Crippen LogP contribution >= 0.6 is 0 Å². The Bertz CT molecular complexity index is 968. The normalized spacial score (nSPS) is 14.6. The van der Waals surface area contributed by atoms with Crippen LogP contribution in [0.2, 0.25) is 0 Å². The molecule has 0 saturated heterocycles. The first-order valence-corrected chi connectivity index (χ1v) is 10.4. The van der Waals surface area contributed by atoms with Gasteiger partial charge in [0.05, 0.1) is 6.54 Å². The predicted octanol–water partition coefficient (Wildman–Crippen LogP) is 2.50. The largest absolute Gasteiger partial charge is 0.479 e. The van der Waals surface area contributed by atoms with Crippen molar-refractivity contribution in [3.63, 3.8) is 0 Å². The Balaban J connectivity index is 1.66. The molecule has 4 N–H and O–H groups in total. The Morgan fingerprint density at radius 3 is 2.03 bits per heavy atom. The Morgan fingerprint density at radius 2 is 1.53 bits per heavy atom. The number of aliphatic carboxylic acids is 1. The first kappa shape index (κ1) is 23.3. The van der Waals surface area contributed by atoms with Gasteiger partial charge >= 0.3 is 12.1 Å². The number of nitrogens with one attached hydrogen (secondary N) is 2. The molecule has 32 heavy (non-hydrogen) atoms. The second-order valence-electron chi connectivity index (χ2n) is 8.87. The molecule has 0 aliphatic heterocycles. The summed E-state index contributed by atoms with van der Waals surface area (Å²) in [5.74, 6) is -2.16. The third-order valence-corrected chi connectivity index (χ3v) is 5.49. The van der Waals surface area contributed by atoms with Gasteiger partial charge < -0.3 is 25.6 Å². The fraction of sp³-hybridized carbons (Fsp3) is 0.375. The lowest BCUT2D eigenvalue weighted by atomic mass is 9.86. The van der Waals surface area contributed by atoms with E-state index in [1.165, 1.54) is 0 Å². The van der Waals surface area contributed by atoms with Crippen molar-refractivity contribution in [3.8, 4) is 11.1 Å². The van der Waals surface area contributed by atoms with E-state index >= 15 is 0 Å². The van der Waals surface area contributed by atoms with Crippen LogP contribution in [0.4, 0.5) is 4.79 Å². The maximum absolute atomic E-state index is 12.6. The number of rotatable bonds is 7. The van der Waals surface area contributed by atoms with Crippen LogP contribution in [-0.4, -0.2) is 53.5 Å². The Kier molecular flexibility index (Phi) is 6.84. The average molecular weight is 440 g/mol. The zero-order valence-corrected chi connectivity index (χ0v) is 18.3. The molecule has 0 spiro atoms. The molecular weight excluding hydrogens is 412 g/mol. The van der Waals surface area contributed by atoms with Crippen LogP contribution in [0.25, 0.3) is 11.1 Å². The van der Waals surface area contributed by atoms with Gasteiger partial charge in [-0.25, -0.2) is 9.59 Å². The molecule has 2 aromatic carbocycles. The standard InChI is InChI=1S/C24H28N2O6/c1-24(2,3)20(21(28)25-12-19(27)22(29)30)26-23(31)32-13-18-16-10-6-4-8-14(16)15-9-5-7-11-17(15)18/h4-11,18-20,27H,12-13H2,1-3H3,(H,25,28)(H,26,31)(H,29,30)/t19?,20-/m0/s1. The molecule has 1 unspecified atom stereocenters. The minimum atomic E-state index is -1.73. The average Bonchev–Trinajstić information content (AvgIpc) is 3.07. The maximum atomic E-state index is 12.6. The Morgan fingerprint density at radius 1 is 1.00 bits per heavy atom. The zero-order valence-electron chi connectivity index (χ0n) is 18.3. The van der Waals surface area contributed by atoms with Gasteiger partial charge in [-0.15, -0.1) is 0 Å². The molecule has 1 aliphatic rings. The van der Waals surface area contributed by atoms with Crippen molar-refractivity contribution < 1.29 is 29.3 Å². The van der Waals surface area contributed by atoms with Gasteiger partial charge in [0.25, 0.3) is 0 Å². The zero-order chi connectivity index (χ0) is 23.5. The number of aliphatic hydroxyl groups is 1. The highest BCUT2D eigenvalue weighted by molar-refractivity contribution is 5.87. The highest BCUT2D eigenvalue weighted by Crippen LogP contribution is 2.44. The van der Waals surface area contributed by atoms with Gasteiger partial charge in [0, 0.05) is 5.92 Å². The second-order valence-corrected chi connectivity index (χ2v) is 8.87. The van der Waals surface area contributed by atoms with Gasteiger partial charge in [-0.2, -0.15) is 0 Å². The first-order chi connectivity index (χ1) is 15.1.